The second-order valence-electron chi connectivity index (χ2n) is 7.67. The molecule has 1 fully saturated rings. The van der Waals surface area contributed by atoms with Crippen LogP contribution in [0.1, 0.15) is 12.0 Å². The molecule has 7 heteroatoms. The van der Waals surface area contributed by atoms with Gasteiger partial charge in [0.05, 0.1) is 19.6 Å². The van der Waals surface area contributed by atoms with E-state index in [1.165, 1.54) is 10.9 Å². The number of rotatable bonds is 7. The number of fused-ring (bicyclic) bond motifs is 1. The maximum atomic E-state index is 12.3. The van der Waals surface area contributed by atoms with Crippen LogP contribution >= 0.6 is 0 Å². The average Bonchev–Trinajstić information content (AvgIpc) is 3.22. The monoisotopic (exact) mass is 420 g/mol. The topological polar surface area (TPSA) is 75.6 Å². The number of amides is 3. The Morgan fingerprint density at radius 1 is 0.968 bits per heavy atom. The van der Waals surface area contributed by atoms with Gasteiger partial charge in [0.2, 0.25) is 5.91 Å². The van der Waals surface area contributed by atoms with Crippen molar-refractivity contribution >= 4 is 28.5 Å². The van der Waals surface area contributed by atoms with Gasteiger partial charge in [-0.05, 0) is 41.6 Å². The Labute approximate surface area is 182 Å². The Morgan fingerprint density at radius 3 is 2.55 bits per heavy atom. The molecule has 1 aromatic heterocycles. The van der Waals surface area contributed by atoms with E-state index in [-0.39, 0.29) is 11.9 Å². The first kappa shape index (κ1) is 20.9. The third-order valence-corrected chi connectivity index (χ3v) is 5.47. The zero-order valence-corrected chi connectivity index (χ0v) is 17.5. The minimum absolute atomic E-state index is 0.109. The molecule has 1 aliphatic rings. The third kappa shape index (κ3) is 5.64. The van der Waals surface area contributed by atoms with Crippen molar-refractivity contribution in [3.8, 4) is 0 Å². The van der Waals surface area contributed by atoms with Gasteiger partial charge < -0.3 is 24.8 Å². The fourth-order valence-electron chi connectivity index (χ4n) is 3.77. The van der Waals surface area contributed by atoms with Gasteiger partial charge in [0.15, 0.2) is 0 Å². The summed E-state index contributed by atoms with van der Waals surface area (Å²) in [5.41, 5.74) is 2.84. The quantitative estimate of drug-likeness (QED) is 0.576. The number of benzene rings is 2. The minimum Gasteiger partial charge on any atom is -0.378 e. The molecule has 3 amide bonds. The Morgan fingerprint density at radius 2 is 1.74 bits per heavy atom. The highest BCUT2D eigenvalue weighted by Crippen LogP contribution is 2.15. The molecule has 1 aliphatic heterocycles. The van der Waals surface area contributed by atoms with Crippen molar-refractivity contribution in [3.05, 3.63) is 66.4 Å². The van der Waals surface area contributed by atoms with Gasteiger partial charge in [0, 0.05) is 43.6 Å². The SMILES string of the molecule is O=C(NCCCn1ccc2ccccc21)Nc1ccc(CC(=O)N2CCOCC2)cc1. The highest BCUT2D eigenvalue weighted by Gasteiger charge is 2.16. The summed E-state index contributed by atoms with van der Waals surface area (Å²) < 4.78 is 7.48. The number of hydrogen-bond donors (Lipinski definition) is 2. The second-order valence-corrected chi connectivity index (χ2v) is 7.67. The van der Waals surface area contributed by atoms with Crippen molar-refractivity contribution in [1.29, 1.82) is 0 Å². The lowest BCUT2D eigenvalue weighted by molar-refractivity contribution is -0.134. The molecule has 1 saturated heterocycles. The maximum absolute atomic E-state index is 12.3. The summed E-state index contributed by atoms with van der Waals surface area (Å²) in [6, 6.07) is 17.6. The lowest BCUT2D eigenvalue weighted by Gasteiger charge is -2.26. The number of carbonyl (C=O) groups is 2. The molecular formula is C24H28N4O3. The van der Waals surface area contributed by atoms with Crippen molar-refractivity contribution in [3.63, 3.8) is 0 Å². The van der Waals surface area contributed by atoms with Gasteiger partial charge in [-0.25, -0.2) is 4.79 Å². The van der Waals surface area contributed by atoms with E-state index in [9.17, 15) is 9.59 Å². The van der Waals surface area contributed by atoms with Crippen molar-refractivity contribution < 1.29 is 14.3 Å². The smallest absolute Gasteiger partial charge is 0.319 e. The van der Waals surface area contributed by atoms with Crippen molar-refractivity contribution in [2.75, 3.05) is 38.2 Å². The van der Waals surface area contributed by atoms with E-state index < -0.39 is 0 Å². The van der Waals surface area contributed by atoms with Crippen LogP contribution in [0.2, 0.25) is 0 Å². The Bertz CT molecular complexity index is 1020. The van der Waals surface area contributed by atoms with Crippen LogP contribution in [0.3, 0.4) is 0 Å². The number of anilines is 1. The number of hydrogen-bond acceptors (Lipinski definition) is 3. The van der Waals surface area contributed by atoms with Crippen LogP contribution in [0.4, 0.5) is 10.5 Å². The minimum atomic E-state index is -0.227. The van der Waals surface area contributed by atoms with E-state index in [1.54, 1.807) is 0 Å². The molecule has 0 unspecified atom stereocenters. The van der Waals surface area contributed by atoms with Gasteiger partial charge in [-0.3, -0.25) is 4.79 Å². The van der Waals surface area contributed by atoms with Gasteiger partial charge >= 0.3 is 6.03 Å². The molecular weight excluding hydrogens is 392 g/mol. The average molecular weight is 421 g/mol. The number of aryl methyl sites for hydroxylation is 1. The molecule has 0 spiro atoms. The number of nitrogens with one attached hydrogen (secondary N) is 2. The summed E-state index contributed by atoms with van der Waals surface area (Å²) in [5.74, 6) is 0.109. The number of aromatic nitrogens is 1. The first-order valence-corrected chi connectivity index (χ1v) is 10.7. The standard InChI is InChI=1S/C24H28N4O3/c29-23(28-14-16-31-17-15-28)18-19-6-8-21(9-7-19)26-24(30)25-11-3-12-27-13-10-20-4-1-2-5-22(20)27/h1-2,4-10,13H,3,11-12,14-18H2,(H2,25,26,30). The highest BCUT2D eigenvalue weighted by molar-refractivity contribution is 5.89. The second kappa shape index (κ2) is 10.1. The van der Waals surface area contributed by atoms with E-state index in [4.69, 9.17) is 4.74 Å². The zero-order chi connectivity index (χ0) is 21.5. The van der Waals surface area contributed by atoms with Gasteiger partial charge in [0.1, 0.15) is 0 Å². The number of carbonyl (C=O) groups excluding carboxylic acids is 2. The molecule has 0 aliphatic carbocycles. The number of para-hydroxylation sites is 1. The van der Waals surface area contributed by atoms with Crippen LogP contribution in [0, 0.1) is 0 Å². The first-order chi connectivity index (χ1) is 15.2. The van der Waals surface area contributed by atoms with E-state index in [0.29, 0.717) is 45.0 Å². The van der Waals surface area contributed by atoms with Gasteiger partial charge in [-0.15, -0.1) is 0 Å². The molecule has 2 N–H and O–H groups in total. The molecule has 0 atom stereocenters. The number of ether oxygens (including phenoxy) is 1. The van der Waals surface area contributed by atoms with Crippen LogP contribution in [0.5, 0.6) is 0 Å². The fourth-order valence-corrected chi connectivity index (χ4v) is 3.77. The molecule has 0 radical (unpaired) electrons. The molecule has 0 bridgehead atoms. The Balaban J connectivity index is 1.18. The van der Waals surface area contributed by atoms with Crippen LogP contribution < -0.4 is 10.6 Å². The van der Waals surface area contributed by atoms with Crippen LogP contribution in [-0.4, -0.2) is 54.3 Å². The molecule has 162 valence electrons. The summed E-state index contributed by atoms with van der Waals surface area (Å²) in [6.07, 6.45) is 3.28. The van der Waals surface area contributed by atoms with Gasteiger partial charge in [-0.2, -0.15) is 0 Å². The largest absolute Gasteiger partial charge is 0.378 e. The molecule has 2 aromatic carbocycles. The van der Waals surface area contributed by atoms with Crippen LogP contribution in [-0.2, 0) is 22.5 Å². The molecule has 3 aromatic rings. The third-order valence-electron chi connectivity index (χ3n) is 5.47. The van der Waals surface area contributed by atoms with Gasteiger partial charge in [-0.1, -0.05) is 30.3 Å². The molecule has 31 heavy (non-hydrogen) atoms. The Hall–Kier alpha value is -3.32. The molecule has 0 saturated carbocycles. The van der Waals surface area contributed by atoms with Crippen LogP contribution in [0.15, 0.2) is 60.8 Å². The fraction of sp³-hybridized carbons (Fsp3) is 0.333. The zero-order valence-electron chi connectivity index (χ0n) is 17.5. The summed E-state index contributed by atoms with van der Waals surface area (Å²) in [6.45, 7) is 3.94. The van der Waals surface area contributed by atoms with Crippen molar-refractivity contribution in [2.45, 2.75) is 19.4 Å². The van der Waals surface area contributed by atoms with Crippen LogP contribution in [0.25, 0.3) is 10.9 Å². The number of nitrogens with zero attached hydrogens (tertiary/aromatic N) is 2. The lowest BCUT2D eigenvalue weighted by atomic mass is 10.1. The molecule has 4 rings (SSSR count). The Kier molecular flexibility index (Phi) is 6.84. The van der Waals surface area contributed by atoms with Gasteiger partial charge in [0.25, 0.3) is 0 Å². The van der Waals surface area contributed by atoms with E-state index in [0.717, 1.165) is 18.5 Å². The van der Waals surface area contributed by atoms with E-state index in [2.05, 4.69) is 39.6 Å². The van der Waals surface area contributed by atoms with Crippen molar-refractivity contribution in [2.24, 2.45) is 0 Å². The summed E-state index contributed by atoms with van der Waals surface area (Å²) >= 11 is 0. The lowest BCUT2D eigenvalue weighted by Crippen LogP contribution is -2.41. The normalized spacial score (nSPS) is 13.9. The molecule has 7 nitrogen and oxygen atoms in total. The van der Waals surface area contributed by atoms with Crippen molar-refractivity contribution in [1.82, 2.24) is 14.8 Å². The van der Waals surface area contributed by atoms with E-state index >= 15 is 0 Å². The maximum Gasteiger partial charge on any atom is 0.319 e. The van der Waals surface area contributed by atoms with E-state index in [1.807, 2.05) is 41.3 Å². The number of morpholine rings is 1. The predicted molar refractivity (Wildman–Crippen MR) is 121 cm³/mol. The predicted octanol–water partition coefficient (Wildman–Crippen LogP) is 3.25. The molecule has 2 heterocycles. The highest BCUT2D eigenvalue weighted by atomic mass is 16.5. The summed E-state index contributed by atoms with van der Waals surface area (Å²) in [5, 5.41) is 6.96. The summed E-state index contributed by atoms with van der Waals surface area (Å²) in [4.78, 5) is 26.3. The number of urea groups is 1. The summed E-state index contributed by atoms with van der Waals surface area (Å²) in [7, 11) is 0. The first-order valence-electron chi connectivity index (χ1n) is 10.7.